The van der Waals surface area contributed by atoms with Gasteiger partial charge in [0.2, 0.25) is 0 Å². The molecule has 1 aromatic heterocycles. The number of allylic oxidation sites excluding steroid dienone is 1. The van der Waals surface area contributed by atoms with E-state index in [9.17, 15) is 0 Å². The van der Waals surface area contributed by atoms with Crippen LogP contribution in [0.25, 0.3) is 6.08 Å². The second-order valence-electron chi connectivity index (χ2n) is 2.13. The van der Waals surface area contributed by atoms with Gasteiger partial charge in [-0.1, -0.05) is 6.08 Å². The van der Waals surface area contributed by atoms with Gasteiger partial charge in [0, 0.05) is 6.42 Å². The van der Waals surface area contributed by atoms with Crippen molar-refractivity contribution in [2.24, 2.45) is 0 Å². The Bertz CT molecular complexity index is 294. The molecule has 0 N–H and O–H groups in total. The fraction of sp³-hybridized carbons (Fsp3) is 0.143. The van der Waals surface area contributed by atoms with E-state index in [0.717, 1.165) is 22.4 Å². The zero-order valence-corrected chi connectivity index (χ0v) is 6.80. The lowest BCUT2D eigenvalue weighted by Gasteiger charge is -1.94. The van der Waals surface area contributed by atoms with Gasteiger partial charge in [0.15, 0.2) is 0 Å². The lowest BCUT2D eigenvalue weighted by molar-refractivity contribution is 1.04. The zero-order valence-electron chi connectivity index (χ0n) is 5.21. The van der Waals surface area contributed by atoms with E-state index in [-0.39, 0.29) is 0 Å². The van der Waals surface area contributed by atoms with Crippen molar-refractivity contribution in [2.75, 3.05) is 0 Å². The minimum Gasteiger partial charge on any atom is -0.252 e. The zero-order chi connectivity index (χ0) is 6.97. The fourth-order valence-electron chi connectivity index (χ4n) is 0.984. The molecule has 0 amide bonds. The third kappa shape index (κ3) is 0.865. The molecule has 2 nitrogen and oxygen atoms in total. The molecule has 0 atom stereocenters. The Morgan fingerprint density at radius 2 is 2.40 bits per heavy atom. The maximum atomic E-state index is 4.25. The quantitative estimate of drug-likeness (QED) is 0.633. The molecule has 0 spiro atoms. The summed E-state index contributed by atoms with van der Waals surface area (Å²) in [5, 5.41) is 0. The summed E-state index contributed by atoms with van der Waals surface area (Å²) in [4.78, 5) is 8.41. The Balaban J connectivity index is 2.59. The van der Waals surface area contributed by atoms with Crippen molar-refractivity contribution in [1.29, 1.82) is 0 Å². The average Bonchev–Trinajstić information content (AvgIpc) is 2.33. The molecule has 0 saturated heterocycles. The first-order valence-corrected chi connectivity index (χ1v) is 3.83. The van der Waals surface area contributed by atoms with Crippen LogP contribution in [0.3, 0.4) is 0 Å². The Morgan fingerprint density at radius 3 is 3.30 bits per heavy atom. The molecule has 1 aromatic rings. The highest BCUT2D eigenvalue weighted by atomic mass is 79.9. The minimum absolute atomic E-state index is 0.815. The van der Waals surface area contributed by atoms with Gasteiger partial charge in [0.05, 0.1) is 17.6 Å². The topological polar surface area (TPSA) is 25.8 Å². The maximum absolute atomic E-state index is 4.25. The smallest absolute Gasteiger partial charge is 0.124 e. The van der Waals surface area contributed by atoms with Gasteiger partial charge in [-0.2, -0.15) is 0 Å². The first kappa shape index (κ1) is 6.04. The van der Waals surface area contributed by atoms with Crippen molar-refractivity contribution < 1.29 is 0 Å². The molecule has 0 aliphatic heterocycles. The van der Waals surface area contributed by atoms with Crippen LogP contribution in [0.1, 0.15) is 11.4 Å². The molecule has 10 heavy (non-hydrogen) atoms. The largest absolute Gasteiger partial charge is 0.252 e. The van der Waals surface area contributed by atoms with Gasteiger partial charge in [0.1, 0.15) is 4.60 Å². The van der Waals surface area contributed by atoms with E-state index in [1.54, 1.807) is 6.20 Å². The number of aromatic nitrogens is 2. The van der Waals surface area contributed by atoms with Gasteiger partial charge < -0.3 is 0 Å². The number of halogens is 1. The summed E-state index contributed by atoms with van der Waals surface area (Å²) in [7, 11) is 0. The third-order valence-corrected chi connectivity index (χ3v) is 1.82. The molecule has 0 saturated carbocycles. The first-order chi connectivity index (χ1) is 4.86. The van der Waals surface area contributed by atoms with E-state index in [1.165, 1.54) is 0 Å². The lowest BCUT2D eigenvalue weighted by atomic mass is 10.3. The van der Waals surface area contributed by atoms with Crippen LogP contribution in [0.15, 0.2) is 16.9 Å². The van der Waals surface area contributed by atoms with E-state index in [1.807, 2.05) is 6.08 Å². The molecule has 50 valence electrons. The SMILES string of the molecule is Brc1cnc2c(n1)CC=C2. The van der Waals surface area contributed by atoms with Crippen molar-refractivity contribution in [1.82, 2.24) is 9.97 Å². The van der Waals surface area contributed by atoms with Crippen LogP contribution in [0, 0.1) is 0 Å². The van der Waals surface area contributed by atoms with Gasteiger partial charge >= 0.3 is 0 Å². The fourth-order valence-corrected chi connectivity index (χ4v) is 1.30. The highest BCUT2D eigenvalue weighted by Gasteiger charge is 2.06. The Morgan fingerprint density at radius 1 is 1.50 bits per heavy atom. The molecular formula is C7H5BrN2. The Hall–Kier alpha value is -0.700. The number of rotatable bonds is 0. The van der Waals surface area contributed by atoms with Crippen molar-refractivity contribution in [3.05, 3.63) is 28.3 Å². The Labute approximate surface area is 67.1 Å². The molecule has 1 heterocycles. The number of hydrogen-bond acceptors (Lipinski definition) is 2. The molecule has 0 aromatic carbocycles. The summed E-state index contributed by atoms with van der Waals surface area (Å²) < 4.78 is 0.815. The molecule has 2 rings (SSSR count). The molecule has 0 bridgehead atoms. The highest BCUT2D eigenvalue weighted by Crippen LogP contribution is 2.16. The van der Waals surface area contributed by atoms with Crippen molar-refractivity contribution >= 4 is 22.0 Å². The van der Waals surface area contributed by atoms with Crippen LogP contribution in [0.5, 0.6) is 0 Å². The molecule has 1 aliphatic carbocycles. The summed E-state index contributed by atoms with van der Waals surface area (Å²) in [6.45, 7) is 0. The summed E-state index contributed by atoms with van der Waals surface area (Å²) in [6.07, 6.45) is 6.70. The predicted molar refractivity (Wildman–Crippen MR) is 42.5 cm³/mol. The normalized spacial score (nSPS) is 13.7. The van der Waals surface area contributed by atoms with Crippen molar-refractivity contribution in [3.8, 4) is 0 Å². The van der Waals surface area contributed by atoms with Crippen LogP contribution in [-0.4, -0.2) is 9.97 Å². The molecule has 1 aliphatic rings. The molecule has 0 radical (unpaired) electrons. The van der Waals surface area contributed by atoms with Crippen LogP contribution >= 0.6 is 15.9 Å². The minimum atomic E-state index is 0.815. The number of hydrogen-bond donors (Lipinski definition) is 0. The molecule has 3 heteroatoms. The lowest BCUT2D eigenvalue weighted by Crippen LogP contribution is -1.90. The second-order valence-corrected chi connectivity index (χ2v) is 2.94. The monoisotopic (exact) mass is 196 g/mol. The van der Waals surface area contributed by atoms with E-state index in [4.69, 9.17) is 0 Å². The van der Waals surface area contributed by atoms with E-state index >= 15 is 0 Å². The number of fused-ring (bicyclic) bond motifs is 1. The van der Waals surface area contributed by atoms with Crippen LogP contribution in [0.2, 0.25) is 0 Å². The van der Waals surface area contributed by atoms with Gasteiger partial charge in [0.25, 0.3) is 0 Å². The van der Waals surface area contributed by atoms with Crippen LogP contribution < -0.4 is 0 Å². The Kier molecular flexibility index (Phi) is 1.31. The summed E-state index contributed by atoms with van der Waals surface area (Å²) in [5.41, 5.74) is 2.07. The number of nitrogens with zero attached hydrogens (tertiary/aromatic N) is 2. The third-order valence-electron chi connectivity index (χ3n) is 1.43. The standard InChI is InChI=1S/C7H5BrN2/c8-7-4-9-5-2-1-3-6(5)10-7/h1-2,4H,3H2. The summed E-state index contributed by atoms with van der Waals surface area (Å²) in [5.74, 6) is 0. The van der Waals surface area contributed by atoms with Crippen LogP contribution in [-0.2, 0) is 6.42 Å². The van der Waals surface area contributed by atoms with Gasteiger partial charge in [-0.05, 0) is 22.0 Å². The van der Waals surface area contributed by atoms with Gasteiger partial charge in [-0.25, -0.2) is 4.98 Å². The van der Waals surface area contributed by atoms with Crippen molar-refractivity contribution in [3.63, 3.8) is 0 Å². The second kappa shape index (κ2) is 2.16. The maximum Gasteiger partial charge on any atom is 0.124 e. The summed E-state index contributed by atoms with van der Waals surface area (Å²) >= 11 is 3.26. The molecule has 0 unspecified atom stereocenters. The predicted octanol–water partition coefficient (Wildman–Crippen LogP) is 1.81. The van der Waals surface area contributed by atoms with E-state index in [2.05, 4.69) is 32.0 Å². The van der Waals surface area contributed by atoms with Crippen molar-refractivity contribution in [2.45, 2.75) is 6.42 Å². The van der Waals surface area contributed by atoms with Gasteiger partial charge in [-0.15, -0.1) is 0 Å². The first-order valence-electron chi connectivity index (χ1n) is 3.04. The average molecular weight is 197 g/mol. The van der Waals surface area contributed by atoms with E-state index in [0.29, 0.717) is 0 Å². The van der Waals surface area contributed by atoms with Crippen LogP contribution in [0.4, 0.5) is 0 Å². The van der Waals surface area contributed by atoms with E-state index < -0.39 is 0 Å². The van der Waals surface area contributed by atoms with Gasteiger partial charge in [-0.3, -0.25) is 4.98 Å². The molecule has 0 fully saturated rings. The highest BCUT2D eigenvalue weighted by molar-refractivity contribution is 9.10. The molecular weight excluding hydrogens is 192 g/mol. The summed E-state index contributed by atoms with van der Waals surface area (Å²) in [6, 6.07) is 0.